The molecule has 0 saturated carbocycles. The van der Waals surface area contributed by atoms with Crippen molar-refractivity contribution >= 4 is 11.8 Å². The lowest BCUT2D eigenvalue weighted by molar-refractivity contribution is -0.124. The van der Waals surface area contributed by atoms with Gasteiger partial charge in [0, 0.05) is 44.8 Å². The Morgan fingerprint density at radius 2 is 1.76 bits per heavy atom. The standard InChI is InChI=1S/C23H28N2O4/c1-28-14-6-13-24-22(26)21-16-25(23(27)18-7-4-3-5-8-18)15-20(21)17-9-11-19(29-2)12-10-17/h3-5,7-12,20-21H,6,13-16H2,1-2H3,(H,24,26). The summed E-state index contributed by atoms with van der Waals surface area (Å²) >= 11 is 0. The minimum atomic E-state index is -0.293. The van der Waals surface area contributed by atoms with Crippen LogP contribution in [-0.2, 0) is 9.53 Å². The molecular formula is C23H28N2O4. The molecule has 0 bridgehead atoms. The number of rotatable bonds is 8. The summed E-state index contributed by atoms with van der Waals surface area (Å²) in [5, 5.41) is 3.00. The van der Waals surface area contributed by atoms with E-state index in [9.17, 15) is 9.59 Å². The average Bonchev–Trinajstić information content (AvgIpc) is 3.22. The summed E-state index contributed by atoms with van der Waals surface area (Å²) in [7, 11) is 3.27. The van der Waals surface area contributed by atoms with Gasteiger partial charge in [0.25, 0.3) is 5.91 Å². The molecule has 3 rings (SSSR count). The number of carbonyl (C=O) groups excluding carboxylic acids is 2. The molecule has 1 N–H and O–H groups in total. The molecule has 154 valence electrons. The van der Waals surface area contributed by atoms with Gasteiger partial charge in [-0.2, -0.15) is 0 Å². The fraction of sp³-hybridized carbons (Fsp3) is 0.391. The van der Waals surface area contributed by atoms with E-state index in [1.807, 2.05) is 54.6 Å². The summed E-state index contributed by atoms with van der Waals surface area (Å²) in [5.74, 6) is 0.350. The van der Waals surface area contributed by atoms with E-state index in [2.05, 4.69) is 5.32 Å². The molecule has 0 radical (unpaired) electrons. The predicted molar refractivity (Wildman–Crippen MR) is 111 cm³/mol. The van der Waals surface area contributed by atoms with Gasteiger partial charge in [-0.3, -0.25) is 9.59 Å². The quantitative estimate of drug-likeness (QED) is 0.697. The molecule has 29 heavy (non-hydrogen) atoms. The SMILES string of the molecule is COCCCNC(=O)C1CN(C(=O)c2ccccc2)CC1c1ccc(OC)cc1. The molecule has 0 spiro atoms. The van der Waals surface area contributed by atoms with Crippen molar-refractivity contribution in [1.82, 2.24) is 10.2 Å². The van der Waals surface area contributed by atoms with E-state index in [0.29, 0.717) is 31.8 Å². The third-order valence-corrected chi connectivity index (χ3v) is 5.33. The third kappa shape index (κ3) is 5.15. The number of amides is 2. The Morgan fingerprint density at radius 3 is 2.41 bits per heavy atom. The van der Waals surface area contributed by atoms with Crippen LogP contribution in [0.15, 0.2) is 54.6 Å². The molecule has 2 atom stereocenters. The molecule has 0 aromatic heterocycles. The number of methoxy groups -OCH3 is 2. The predicted octanol–water partition coefficient (Wildman–Crippen LogP) is 2.70. The van der Waals surface area contributed by atoms with Crippen molar-refractivity contribution in [2.24, 2.45) is 5.92 Å². The number of ether oxygens (including phenoxy) is 2. The van der Waals surface area contributed by atoms with E-state index in [-0.39, 0.29) is 23.7 Å². The Morgan fingerprint density at radius 1 is 1.03 bits per heavy atom. The zero-order valence-corrected chi connectivity index (χ0v) is 17.0. The maximum atomic E-state index is 12.9. The molecule has 0 aliphatic carbocycles. The zero-order chi connectivity index (χ0) is 20.6. The van der Waals surface area contributed by atoms with Gasteiger partial charge in [0.05, 0.1) is 13.0 Å². The number of carbonyl (C=O) groups is 2. The van der Waals surface area contributed by atoms with Crippen LogP contribution in [0.1, 0.15) is 28.3 Å². The molecule has 2 amide bonds. The van der Waals surface area contributed by atoms with E-state index < -0.39 is 0 Å². The van der Waals surface area contributed by atoms with Gasteiger partial charge in [-0.05, 0) is 36.2 Å². The molecule has 1 fully saturated rings. The van der Waals surface area contributed by atoms with Gasteiger partial charge in [0.1, 0.15) is 5.75 Å². The maximum absolute atomic E-state index is 12.9. The van der Waals surface area contributed by atoms with Crippen LogP contribution < -0.4 is 10.1 Å². The lowest BCUT2D eigenvalue weighted by Crippen LogP contribution is -2.36. The summed E-state index contributed by atoms with van der Waals surface area (Å²) in [6, 6.07) is 16.9. The van der Waals surface area contributed by atoms with Gasteiger partial charge in [0.2, 0.25) is 5.91 Å². The smallest absolute Gasteiger partial charge is 0.253 e. The molecule has 2 aromatic carbocycles. The van der Waals surface area contributed by atoms with Crippen LogP contribution in [0, 0.1) is 5.92 Å². The van der Waals surface area contributed by atoms with Gasteiger partial charge in [-0.15, -0.1) is 0 Å². The number of hydrogen-bond acceptors (Lipinski definition) is 4. The van der Waals surface area contributed by atoms with Gasteiger partial charge in [-0.25, -0.2) is 0 Å². The zero-order valence-electron chi connectivity index (χ0n) is 17.0. The Bertz CT molecular complexity index is 807. The Kier molecular flexibility index (Phi) is 7.25. The average molecular weight is 396 g/mol. The highest BCUT2D eigenvalue weighted by molar-refractivity contribution is 5.95. The molecule has 1 heterocycles. The Hall–Kier alpha value is -2.86. The van der Waals surface area contributed by atoms with Crippen LogP contribution in [0.5, 0.6) is 5.75 Å². The highest BCUT2D eigenvalue weighted by Crippen LogP contribution is 2.34. The van der Waals surface area contributed by atoms with Crippen molar-refractivity contribution in [3.05, 3.63) is 65.7 Å². The molecule has 2 aromatic rings. The molecule has 1 aliphatic heterocycles. The van der Waals surface area contributed by atoms with Crippen molar-refractivity contribution in [3.63, 3.8) is 0 Å². The normalized spacial score (nSPS) is 18.5. The van der Waals surface area contributed by atoms with Gasteiger partial charge in [0.15, 0.2) is 0 Å². The number of nitrogens with one attached hydrogen (secondary N) is 1. The second-order valence-corrected chi connectivity index (χ2v) is 7.20. The molecule has 6 heteroatoms. The number of hydrogen-bond donors (Lipinski definition) is 1. The van der Waals surface area contributed by atoms with Crippen molar-refractivity contribution < 1.29 is 19.1 Å². The van der Waals surface area contributed by atoms with E-state index in [1.54, 1.807) is 19.1 Å². The first-order valence-corrected chi connectivity index (χ1v) is 9.89. The third-order valence-electron chi connectivity index (χ3n) is 5.33. The van der Waals surface area contributed by atoms with E-state index >= 15 is 0 Å². The number of nitrogens with zero attached hydrogens (tertiary/aromatic N) is 1. The van der Waals surface area contributed by atoms with Gasteiger partial charge >= 0.3 is 0 Å². The minimum absolute atomic E-state index is 0.0229. The summed E-state index contributed by atoms with van der Waals surface area (Å²) in [4.78, 5) is 27.6. The van der Waals surface area contributed by atoms with Crippen LogP contribution in [0.2, 0.25) is 0 Å². The Labute approximate surface area is 171 Å². The van der Waals surface area contributed by atoms with Crippen LogP contribution in [0.25, 0.3) is 0 Å². The molecular weight excluding hydrogens is 368 g/mol. The van der Waals surface area contributed by atoms with Crippen molar-refractivity contribution in [3.8, 4) is 5.75 Å². The summed E-state index contributed by atoms with van der Waals surface area (Å²) < 4.78 is 10.3. The monoisotopic (exact) mass is 396 g/mol. The minimum Gasteiger partial charge on any atom is -0.497 e. The first kappa shape index (κ1) is 20.9. The van der Waals surface area contributed by atoms with Crippen LogP contribution in [-0.4, -0.2) is 57.2 Å². The summed E-state index contributed by atoms with van der Waals surface area (Å²) in [5.41, 5.74) is 1.67. The molecule has 2 unspecified atom stereocenters. The van der Waals surface area contributed by atoms with Crippen LogP contribution >= 0.6 is 0 Å². The fourth-order valence-electron chi connectivity index (χ4n) is 3.75. The van der Waals surface area contributed by atoms with Crippen molar-refractivity contribution in [1.29, 1.82) is 0 Å². The summed E-state index contributed by atoms with van der Waals surface area (Å²) in [6.45, 7) is 2.08. The van der Waals surface area contributed by atoms with Gasteiger partial charge < -0.3 is 19.7 Å². The highest BCUT2D eigenvalue weighted by Gasteiger charge is 2.40. The number of benzene rings is 2. The number of likely N-dealkylation sites (tertiary alicyclic amines) is 1. The first-order valence-electron chi connectivity index (χ1n) is 9.89. The first-order chi connectivity index (χ1) is 14.1. The van der Waals surface area contributed by atoms with E-state index in [4.69, 9.17) is 9.47 Å². The summed E-state index contributed by atoms with van der Waals surface area (Å²) in [6.07, 6.45) is 0.759. The fourth-order valence-corrected chi connectivity index (χ4v) is 3.75. The lowest BCUT2D eigenvalue weighted by Gasteiger charge is -2.18. The Balaban J connectivity index is 1.77. The highest BCUT2D eigenvalue weighted by atomic mass is 16.5. The van der Waals surface area contributed by atoms with E-state index in [0.717, 1.165) is 17.7 Å². The lowest BCUT2D eigenvalue weighted by atomic mass is 9.88. The molecule has 1 aliphatic rings. The second-order valence-electron chi connectivity index (χ2n) is 7.20. The largest absolute Gasteiger partial charge is 0.497 e. The van der Waals surface area contributed by atoms with Gasteiger partial charge in [-0.1, -0.05) is 30.3 Å². The second kappa shape index (κ2) is 10.1. The topological polar surface area (TPSA) is 67.9 Å². The van der Waals surface area contributed by atoms with Crippen molar-refractivity contribution in [2.45, 2.75) is 12.3 Å². The van der Waals surface area contributed by atoms with E-state index in [1.165, 1.54) is 0 Å². The van der Waals surface area contributed by atoms with Crippen LogP contribution in [0.3, 0.4) is 0 Å². The molecule has 1 saturated heterocycles. The van der Waals surface area contributed by atoms with Crippen LogP contribution in [0.4, 0.5) is 0 Å². The van der Waals surface area contributed by atoms with Crippen molar-refractivity contribution in [2.75, 3.05) is 40.5 Å². The molecule has 6 nitrogen and oxygen atoms in total. The maximum Gasteiger partial charge on any atom is 0.253 e.